The minimum absolute atomic E-state index is 0.109. The van der Waals surface area contributed by atoms with E-state index in [9.17, 15) is 4.79 Å². The van der Waals surface area contributed by atoms with Gasteiger partial charge in [-0.05, 0) is 43.7 Å². The molecule has 1 aromatic carbocycles. The maximum absolute atomic E-state index is 12.9. The van der Waals surface area contributed by atoms with Crippen LogP contribution in [0.4, 0.5) is 0 Å². The van der Waals surface area contributed by atoms with Crippen molar-refractivity contribution in [3.05, 3.63) is 47.0 Å². The van der Waals surface area contributed by atoms with E-state index >= 15 is 0 Å². The number of para-hydroxylation sites is 2. The fourth-order valence-corrected chi connectivity index (χ4v) is 3.91. The Labute approximate surface area is 153 Å². The molecular formula is C20H25N5O. The van der Waals surface area contributed by atoms with Crippen LogP contribution in [0.5, 0.6) is 0 Å². The SMILES string of the molecule is CC(C)CC(NC(=O)c1n[nH]c2c1CCC2)c1nc2ccccc2n1C. The molecule has 0 saturated carbocycles. The smallest absolute Gasteiger partial charge is 0.272 e. The number of carbonyl (C=O) groups is 1. The number of fused-ring (bicyclic) bond motifs is 2. The largest absolute Gasteiger partial charge is 0.341 e. The summed E-state index contributed by atoms with van der Waals surface area (Å²) in [5.74, 6) is 1.22. The summed E-state index contributed by atoms with van der Waals surface area (Å²) in [5, 5.41) is 10.5. The zero-order valence-corrected chi connectivity index (χ0v) is 15.5. The van der Waals surface area contributed by atoms with Crippen LogP contribution in [-0.2, 0) is 19.9 Å². The molecule has 136 valence electrons. The molecule has 1 atom stereocenters. The van der Waals surface area contributed by atoms with E-state index in [1.807, 2.05) is 25.2 Å². The second-order valence-corrected chi connectivity index (χ2v) is 7.56. The second kappa shape index (κ2) is 6.59. The third-order valence-electron chi connectivity index (χ3n) is 5.17. The Hall–Kier alpha value is -2.63. The minimum Gasteiger partial charge on any atom is -0.341 e. The first kappa shape index (κ1) is 16.8. The molecule has 2 aromatic heterocycles. The molecule has 0 aliphatic heterocycles. The van der Waals surface area contributed by atoms with Gasteiger partial charge in [0.2, 0.25) is 0 Å². The third kappa shape index (κ3) is 2.89. The van der Waals surface area contributed by atoms with Gasteiger partial charge in [0, 0.05) is 18.3 Å². The maximum Gasteiger partial charge on any atom is 0.272 e. The number of imidazole rings is 1. The summed E-state index contributed by atoms with van der Waals surface area (Å²) in [6.45, 7) is 4.32. The lowest BCUT2D eigenvalue weighted by Gasteiger charge is -2.20. The van der Waals surface area contributed by atoms with Gasteiger partial charge in [0.05, 0.1) is 17.1 Å². The van der Waals surface area contributed by atoms with Gasteiger partial charge in [-0.25, -0.2) is 4.98 Å². The molecule has 1 unspecified atom stereocenters. The van der Waals surface area contributed by atoms with Crippen molar-refractivity contribution in [1.29, 1.82) is 0 Å². The predicted octanol–water partition coefficient (Wildman–Crippen LogP) is 3.30. The number of carbonyl (C=O) groups excluding carboxylic acids is 1. The number of rotatable bonds is 5. The summed E-state index contributed by atoms with van der Waals surface area (Å²) >= 11 is 0. The molecule has 0 bridgehead atoms. The van der Waals surface area contributed by atoms with Crippen LogP contribution in [0.1, 0.15) is 60.3 Å². The van der Waals surface area contributed by atoms with Crippen LogP contribution in [-0.4, -0.2) is 25.7 Å². The topological polar surface area (TPSA) is 75.6 Å². The molecular weight excluding hydrogens is 326 g/mol. The van der Waals surface area contributed by atoms with Crippen LogP contribution in [0.2, 0.25) is 0 Å². The van der Waals surface area contributed by atoms with Crippen LogP contribution in [0.25, 0.3) is 11.0 Å². The van der Waals surface area contributed by atoms with E-state index in [-0.39, 0.29) is 11.9 Å². The molecule has 4 rings (SSSR count). The van der Waals surface area contributed by atoms with E-state index in [1.165, 1.54) is 0 Å². The quantitative estimate of drug-likeness (QED) is 0.740. The van der Waals surface area contributed by atoms with Gasteiger partial charge in [-0.15, -0.1) is 0 Å². The first-order chi connectivity index (χ1) is 12.5. The number of aryl methyl sites for hydroxylation is 2. The van der Waals surface area contributed by atoms with Gasteiger partial charge in [0.1, 0.15) is 5.82 Å². The van der Waals surface area contributed by atoms with E-state index in [2.05, 4.69) is 40.0 Å². The Balaban J connectivity index is 1.66. The zero-order valence-electron chi connectivity index (χ0n) is 15.5. The number of hydrogen-bond donors (Lipinski definition) is 2. The van der Waals surface area contributed by atoms with Crippen LogP contribution in [0.15, 0.2) is 24.3 Å². The predicted molar refractivity (Wildman–Crippen MR) is 101 cm³/mol. The summed E-state index contributed by atoms with van der Waals surface area (Å²) in [5.41, 5.74) is 4.76. The lowest BCUT2D eigenvalue weighted by Crippen LogP contribution is -2.32. The number of nitrogens with zero attached hydrogens (tertiary/aromatic N) is 3. The standard InChI is InChI=1S/C20H25N5O/c1-12(2)11-16(19-21-15-8-4-5-10-17(15)25(19)3)22-20(26)18-13-7-6-9-14(13)23-24-18/h4-5,8,10,12,16H,6-7,9,11H2,1-3H3,(H,22,26)(H,23,24). The van der Waals surface area contributed by atoms with Crippen molar-refractivity contribution in [2.45, 2.75) is 45.6 Å². The van der Waals surface area contributed by atoms with Crippen LogP contribution in [0, 0.1) is 5.92 Å². The molecule has 0 spiro atoms. The van der Waals surface area contributed by atoms with Gasteiger partial charge in [-0.3, -0.25) is 9.89 Å². The lowest BCUT2D eigenvalue weighted by molar-refractivity contribution is 0.0923. The van der Waals surface area contributed by atoms with E-state index < -0.39 is 0 Å². The molecule has 2 N–H and O–H groups in total. The Morgan fingerprint density at radius 1 is 1.31 bits per heavy atom. The summed E-state index contributed by atoms with van der Waals surface area (Å²) < 4.78 is 2.08. The van der Waals surface area contributed by atoms with Crippen molar-refractivity contribution < 1.29 is 4.79 Å². The molecule has 6 heteroatoms. The monoisotopic (exact) mass is 351 g/mol. The Morgan fingerprint density at radius 2 is 2.12 bits per heavy atom. The summed E-state index contributed by atoms with van der Waals surface area (Å²) in [6.07, 6.45) is 3.82. The Bertz CT molecular complexity index is 952. The fourth-order valence-electron chi connectivity index (χ4n) is 3.91. The van der Waals surface area contributed by atoms with E-state index in [0.29, 0.717) is 11.6 Å². The number of aromatic nitrogens is 4. The molecule has 1 aliphatic rings. The average molecular weight is 351 g/mol. The summed E-state index contributed by atoms with van der Waals surface area (Å²) in [4.78, 5) is 17.7. The van der Waals surface area contributed by atoms with Crippen molar-refractivity contribution in [3.8, 4) is 0 Å². The number of amides is 1. The molecule has 0 fully saturated rings. The highest BCUT2D eigenvalue weighted by Gasteiger charge is 2.27. The molecule has 1 aliphatic carbocycles. The molecule has 0 saturated heterocycles. The zero-order chi connectivity index (χ0) is 18.3. The van der Waals surface area contributed by atoms with Crippen molar-refractivity contribution in [3.63, 3.8) is 0 Å². The van der Waals surface area contributed by atoms with E-state index in [1.54, 1.807) is 0 Å². The fraction of sp³-hybridized carbons (Fsp3) is 0.450. The highest BCUT2D eigenvalue weighted by atomic mass is 16.2. The molecule has 3 aromatic rings. The molecule has 0 radical (unpaired) electrons. The number of benzene rings is 1. The number of H-pyrrole nitrogens is 1. The van der Waals surface area contributed by atoms with Crippen molar-refractivity contribution in [2.75, 3.05) is 0 Å². The second-order valence-electron chi connectivity index (χ2n) is 7.56. The first-order valence-corrected chi connectivity index (χ1v) is 9.33. The van der Waals surface area contributed by atoms with Crippen LogP contribution < -0.4 is 5.32 Å². The number of aromatic amines is 1. The molecule has 1 amide bonds. The number of nitrogens with one attached hydrogen (secondary N) is 2. The van der Waals surface area contributed by atoms with Crippen molar-refractivity contribution >= 4 is 16.9 Å². The highest BCUT2D eigenvalue weighted by Crippen LogP contribution is 2.26. The van der Waals surface area contributed by atoms with Gasteiger partial charge in [-0.1, -0.05) is 26.0 Å². The lowest BCUT2D eigenvalue weighted by atomic mass is 10.0. The third-order valence-corrected chi connectivity index (χ3v) is 5.17. The Morgan fingerprint density at radius 3 is 2.88 bits per heavy atom. The van der Waals surface area contributed by atoms with E-state index in [0.717, 1.165) is 53.8 Å². The minimum atomic E-state index is -0.145. The molecule has 26 heavy (non-hydrogen) atoms. The van der Waals surface area contributed by atoms with Crippen molar-refractivity contribution in [2.24, 2.45) is 13.0 Å². The normalized spacial score (nSPS) is 14.8. The van der Waals surface area contributed by atoms with Crippen LogP contribution in [0.3, 0.4) is 0 Å². The molecule has 6 nitrogen and oxygen atoms in total. The van der Waals surface area contributed by atoms with Crippen LogP contribution >= 0.6 is 0 Å². The maximum atomic E-state index is 12.9. The number of hydrogen-bond acceptors (Lipinski definition) is 3. The molecule has 2 heterocycles. The van der Waals surface area contributed by atoms with Gasteiger partial charge < -0.3 is 9.88 Å². The summed E-state index contributed by atoms with van der Waals surface area (Å²) in [7, 11) is 2.01. The van der Waals surface area contributed by atoms with E-state index in [4.69, 9.17) is 4.98 Å². The van der Waals surface area contributed by atoms with Crippen molar-refractivity contribution in [1.82, 2.24) is 25.1 Å². The summed E-state index contributed by atoms with van der Waals surface area (Å²) in [6, 6.07) is 7.92. The van der Waals surface area contributed by atoms with Gasteiger partial charge in [-0.2, -0.15) is 5.10 Å². The Kier molecular flexibility index (Phi) is 4.26. The average Bonchev–Trinajstić information content (AvgIpc) is 3.28. The first-order valence-electron chi connectivity index (χ1n) is 9.33. The van der Waals surface area contributed by atoms with Gasteiger partial charge >= 0.3 is 0 Å². The van der Waals surface area contributed by atoms with Gasteiger partial charge in [0.25, 0.3) is 5.91 Å². The van der Waals surface area contributed by atoms with Gasteiger partial charge in [0.15, 0.2) is 5.69 Å². The highest BCUT2D eigenvalue weighted by molar-refractivity contribution is 5.94.